The molecule has 1 unspecified atom stereocenters. The number of oxime groups is 1. The van der Waals surface area contributed by atoms with Gasteiger partial charge in [0.2, 0.25) is 5.91 Å². The molecule has 1 atom stereocenters. The summed E-state index contributed by atoms with van der Waals surface area (Å²) in [7, 11) is 0. The largest absolute Gasteiger partial charge is 0.409 e. The van der Waals surface area contributed by atoms with Gasteiger partial charge in [-0.2, -0.15) is 0 Å². The molecule has 3 rings (SSSR count). The maximum atomic E-state index is 13.4. The van der Waals surface area contributed by atoms with Crippen LogP contribution in [0, 0.1) is 5.82 Å². The maximum absolute atomic E-state index is 13.4. The Morgan fingerprint density at radius 2 is 2.25 bits per heavy atom. The Labute approximate surface area is 164 Å². The highest BCUT2D eigenvalue weighted by atomic mass is 32.2. The van der Waals surface area contributed by atoms with E-state index < -0.39 is 5.60 Å². The third-order valence-corrected chi connectivity index (χ3v) is 5.01. The van der Waals surface area contributed by atoms with E-state index in [1.165, 1.54) is 12.1 Å². The molecular formula is C17H20FN5O4S. The lowest BCUT2D eigenvalue weighted by atomic mass is 9.83. The quantitative estimate of drug-likeness (QED) is 0.176. The van der Waals surface area contributed by atoms with E-state index in [-0.39, 0.29) is 46.6 Å². The molecule has 9 nitrogen and oxygen atoms in total. The van der Waals surface area contributed by atoms with Crippen LogP contribution < -0.4 is 10.6 Å². The topological polar surface area (TPSA) is 133 Å². The van der Waals surface area contributed by atoms with Crippen molar-refractivity contribution in [2.24, 2.45) is 5.16 Å². The Balaban J connectivity index is 1.61. The number of fused-ring (bicyclic) bond motifs is 1. The molecule has 28 heavy (non-hydrogen) atoms. The molecule has 0 fully saturated rings. The fourth-order valence-corrected chi connectivity index (χ4v) is 3.36. The van der Waals surface area contributed by atoms with E-state index in [1.54, 1.807) is 19.9 Å². The van der Waals surface area contributed by atoms with E-state index in [4.69, 9.17) is 4.63 Å². The summed E-state index contributed by atoms with van der Waals surface area (Å²) in [6.07, 6.45) is 0.641. The SMILES string of the molecule is CC(C)(O)CNC(=O)CSc1nonc1/C(=N\O)NC1Cc2ccc(F)cc21. The highest BCUT2D eigenvalue weighted by molar-refractivity contribution is 8.00. The van der Waals surface area contributed by atoms with Crippen LogP contribution in [0.5, 0.6) is 0 Å². The van der Waals surface area contributed by atoms with Gasteiger partial charge in [0.25, 0.3) is 0 Å². The van der Waals surface area contributed by atoms with Gasteiger partial charge in [-0.3, -0.25) is 4.79 Å². The van der Waals surface area contributed by atoms with Crippen molar-refractivity contribution in [1.82, 2.24) is 20.9 Å². The van der Waals surface area contributed by atoms with Crippen molar-refractivity contribution < 1.29 is 24.1 Å². The molecule has 1 aromatic heterocycles. The smallest absolute Gasteiger partial charge is 0.230 e. The average Bonchev–Trinajstić information content (AvgIpc) is 3.09. The number of rotatable bonds is 7. The molecule has 11 heteroatoms. The van der Waals surface area contributed by atoms with Crippen LogP contribution in [0.4, 0.5) is 4.39 Å². The van der Waals surface area contributed by atoms with Gasteiger partial charge in [-0.25, -0.2) is 9.02 Å². The molecule has 4 N–H and O–H groups in total. The number of hydrogen-bond donors (Lipinski definition) is 4. The van der Waals surface area contributed by atoms with Gasteiger partial charge in [-0.15, -0.1) is 0 Å². The van der Waals surface area contributed by atoms with Gasteiger partial charge in [0.1, 0.15) is 5.82 Å². The maximum Gasteiger partial charge on any atom is 0.230 e. The van der Waals surface area contributed by atoms with Crippen molar-refractivity contribution in [3.8, 4) is 0 Å². The lowest BCUT2D eigenvalue weighted by Crippen LogP contribution is -2.39. The highest BCUT2D eigenvalue weighted by Gasteiger charge is 2.30. The summed E-state index contributed by atoms with van der Waals surface area (Å²) >= 11 is 1.04. The number of nitrogens with zero attached hydrogens (tertiary/aromatic N) is 3. The molecule has 1 amide bonds. The average molecular weight is 409 g/mol. The summed E-state index contributed by atoms with van der Waals surface area (Å²) in [6.45, 7) is 3.28. The fraction of sp³-hybridized carbons (Fsp3) is 0.412. The van der Waals surface area contributed by atoms with Gasteiger partial charge in [-0.05, 0) is 53.8 Å². The molecule has 1 aromatic carbocycles. The summed E-state index contributed by atoms with van der Waals surface area (Å²) in [5.74, 6) is -0.627. The number of amides is 1. The molecule has 0 saturated heterocycles. The Morgan fingerprint density at radius 3 is 2.96 bits per heavy atom. The zero-order valence-electron chi connectivity index (χ0n) is 15.3. The molecule has 0 radical (unpaired) electrons. The predicted molar refractivity (Wildman–Crippen MR) is 98.6 cm³/mol. The Kier molecular flexibility index (Phi) is 5.84. The van der Waals surface area contributed by atoms with Crippen molar-refractivity contribution in [1.29, 1.82) is 0 Å². The van der Waals surface area contributed by atoms with Crippen LogP contribution >= 0.6 is 11.8 Å². The first kappa shape index (κ1) is 20.1. The van der Waals surface area contributed by atoms with Gasteiger partial charge in [-0.1, -0.05) is 23.0 Å². The molecule has 2 aromatic rings. The molecule has 1 aliphatic carbocycles. The van der Waals surface area contributed by atoms with Crippen LogP contribution in [0.1, 0.15) is 36.7 Å². The lowest BCUT2D eigenvalue weighted by molar-refractivity contribution is -0.119. The second-order valence-electron chi connectivity index (χ2n) is 6.99. The molecule has 1 heterocycles. The van der Waals surface area contributed by atoms with Gasteiger partial charge < -0.3 is 20.9 Å². The number of thioether (sulfide) groups is 1. The minimum atomic E-state index is -1.01. The van der Waals surface area contributed by atoms with Gasteiger partial charge in [0.15, 0.2) is 16.6 Å². The van der Waals surface area contributed by atoms with Crippen molar-refractivity contribution in [2.75, 3.05) is 12.3 Å². The number of aromatic nitrogens is 2. The third-order valence-electron chi connectivity index (χ3n) is 4.06. The van der Waals surface area contributed by atoms with E-state index in [2.05, 4.69) is 26.1 Å². The number of carbonyl (C=O) groups excluding carboxylic acids is 1. The van der Waals surface area contributed by atoms with Crippen LogP contribution in [0.25, 0.3) is 0 Å². The van der Waals surface area contributed by atoms with Crippen LogP contribution in [-0.4, -0.2) is 50.3 Å². The first-order valence-corrected chi connectivity index (χ1v) is 9.47. The van der Waals surface area contributed by atoms with Gasteiger partial charge in [0, 0.05) is 6.54 Å². The molecule has 0 aliphatic heterocycles. The molecule has 0 saturated carbocycles. The second-order valence-corrected chi connectivity index (χ2v) is 7.95. The van der Waals surface area contributed by atoms with E-state index in [9.17, 15) is 19.5 Å². The number of benzene rings is 1. The summed E-state index contributed by atoms with van der Waals surface area (Å²) in [5, 5.41) is 35.5. The van der Waals surface area contributed by atoms with Crippen LogP contribution in [0.2, 0.25) is 0 Å². The lowest BCUT2D eigenvalue weighted by Gasteiger charge is -2.31. The summed E-state index contributed by atoms with van der Waals surface area (Å²) < 4.78 is 18.1. The molecule has 0 spiro atoms. The summed E-state index contributed by atoms with van der Waals surface area (Å²) in [5.41, 5.74) is 0.915. The molecule has 0 bridgehead atoms. The normalized spacial score (nSPS) is 16.3. The second kappa shape index (κ2) is 8.15. The highest BCUT2D eigenvalue weighted by Crippen LogP contribution is 2.34. The van der Waals surface area contributed by atoms with Crippen molar-refractivity contribution >= 4 is 23.5 Å². The number of carbonyl (C=O) groups is 1. The number of nitrogens with one attached hydrogen (secondary N) is 2. The van der Waals surface area contributed by atoms with Crippen LogP contribution in [-0.2, 0) is 11.2 Å². The predicted octanol–water partition coefficient (Wildman–Crippen LogP) is 1.21. The number of amidine groups is 1. The van der Waals surface area contributed by atoms with Crippen molar-refractivity contribution in [2.45, 2.75) is 36.9 Å². The Bertz CT molecular complexity index is 896. The van der Waals surface area contributed by atoms with E-state index >= 15 is 0 Å². The zero-order chi connectivity index (χ0) is 20.3. The number of halogens is 1. The van der Waals surface area contributed by atoms with Gasteiger partial charge in [0.05, 0.1) is 17.4 Å². The van der Waals surface area contributed by atoms with E-state index in [1.807, 2.05) is 0 Å². The Hall–Kier alpha value is -2.66. The summed E-state index contributed by atoms with van der Waals surface area (Å²) in [4.78, 5) is 11.9. The zero-order valence-corrected chi connectivity index (χ0v) is 16.1. The molecular weight excluding hydrogens is 389 g/mol. The summed E-state index contributed by atoms with van der Waals surface area (Å²) in [6, 6.07) is 4.30. The monoisotopic (exact) mass is 409 g/mol. The number of aliphatic hydroxyl groups is 1. The standard InChI is InChI=1S/C17H20FN5O4S/c1-17(2,25)8-19-13(24)7-28-16-14(22-27-23-16)15(21-26)20-12-5-9-3-4-10(18)6-11(9)12/h3-4,6,12,25-26H,5,7-8H2,1-2H3,(H,19,24)(H,20,21). The first-order valence-electron chi connectivity index (χ1n) is 8.48. The third kappa shape index (κ3) is 4.78. The Morgan fingerprint density at radius 1 is 1.46 bits per heavy atom. The number of hydrogen-bond acceptors (Lipinski definition) is 8. The van der Waals surface area contributed by atoms with E-state index in [0.29, 0.717) is 6.42 Å². The molecule has 150 valence electrons. The minimum Gasteiger partial charge on any atom is -0.409 e. The first-order chi connectivity index (χ1) is 13.3. The minimum absolute atomic E-state index is 0.00742. The van der Waals surface area contributed by atoms with Crippen LogP contribution in [0.3, 0.4) is 0 Å². The fourth-order valence-electron chi connectivity index (χ4n) is 2.63. The van der Waals surface area contributed by atoms with E-state index in [0.717, 1.165) is 22.9 Å². The van der Waals surface area contributed by atoms with Crippen molar-refractivity contribution in [3.05, 3.63) is 40.8 Å². The van der Waals surface area contributed by atoms with Crippen LogP contribution in [0.15, 0.2) is 33.0 Å². The molecule has 1 aliphatic rings. The van der Waals surface area contributed by atoms with Crippen molar-refractivity contribution in [3.63, 3.8) is 0 Å². The van der Waals surface area contributed by atoms with Gasteiger partial charge >= 0.3 is 0 Å².